The van der Waals surface area contributed by atoms with E-state index in [1.54, 1.807) is 12.4 Å². The monoisotopic (exact) mass is 244 g/mol. The molecule has 0 aliphatic carbocycles. The Morgan fingerprint density at radius 3 is 2.61 bits per heavy atom. The van der Waals surface area contributed by atoms with E-state index in [0.29, 0.717) is 0 Å². The van der Waals surface area contributed by atoms with E-state index in [1.165, 1.54) is 5.56 Å². The summed E-state index contributed by atoms with van der Waals surface area (Å²) in [4.78, 5) is 11.7. The summed E-state index contributed by atoms with van der Waals surface area (Å²) < 4.78 is 0. The van der Waals surface area contributed by atoms with Crippen LogP contribution in [0.1, 0.15) is 37.9 Å². The van der Waals surface area contributed by atoms with Gasteiger partial charge >= 0.3 is 0 Å². The van der Waals surface area contributed by atoms with Crippen LogP contribution in [0.25, 0.3) is 0 Å². The maximum Gasteiger partial charge on any atom is 0.110 e. The lowest BCUT2D eigenvalue weighted by Gasteiger charge is -2.19. The molecule has 0 saturated heterocycles. The average molecular weight is 244 g/mol. The number of pyridine rings is 1. The molecule has 4 heteroatoms. The van der Waals surface area contributed by atoms with Crippen molar-refractivity contribution in [3.8, 4) is 0 Å². The van der Waals surface area contributed by atoms with Crippen molar-refractivity contribution in [3.05, 3.63) is 47.8 Å². The van der Waals surface area contributed by atoms with Gasteiger partial charge in [0.2, 0.25) is 0 Å². The highest BCUT2D eigenvalue weighted by Gasteiger charge is 2.09. The van der Waals surface area contributed by atoms with Crippen molar-refractivity contribution in [1.29, 1.82) is 0 Å². The first-order chi connectivity index (χ1) is 8.53. The summed E-state index contributed by atoms with van der Waals surface area (Å²) in [6, 6.07) is 4.02. The van der Waals surface area contributed by atoms with Crippen LogP contribution in [0.5, 0.6) is 0 Å². The molecule has 96 valence electrons. The van der Waals surface area contributed by atoms with Gasteiger partial charge in [0.05, 0.1) is 0 Å². The minimum Gasteiger partial charge on any atom is -0.345 e. The molecule has 18 heavy (non-hydrogen) atoms. The second-order valence-electron chi connectivity index (χ2n) is 5.49. The van der Waals surface area contributed by atoms with E-state index in [0.717, 1.165) is 24.5 Å². The Morgan fingerprint density at radius 2 is 1.94 bits per heavy atom. The van der Waals surface area contributed by atoms with Gasteiger partial charge in [0.1, 0.15) is 5.82 Å². The number of imidazole rings is 1. The van der Waals surface area contributed by atoms with Crippen LogP contribution in [-0.4, -0.2) is 20.5 Å². The molecule has 4 nitrogen and oxygen atoms in total. The second-order valence-corrected chi connectivity index (χ2v) is 5.49. The van der Waals surface area contributed by atoms with Crippen LogP contribution in [0, 0.1) is 0 Å². The number of hydrogen-bond acceptors (Lipinski definition) is 3. The van der Waals surface area contributed by atoms with Gasteiger partial charge in [0.25, 0.3) is 0 Å². The molecule has 2 aromatic heterocycles. The van der Waals surface area contributed by atoms with Gasteiger partial charge in [0.15, 0.2) is 0 Å². The van der Waals surface area contributed by atoms with Crippen molar-refractivity contribution in [3.63, 3.8) is 0 Å². The third-order valence-electron chi connectivity index (χ3n) is 2.61. The van der Waals surface area contributed by atoms with Gasteiger partial charge in [-0.3, -0.25) is 4.98 Å². The number of nitrogens with zero attached hydrogens (tertiary/aromatic N) is 2. The molecule has 0 aliphatic heterocycles. The number of aromatic amines is 1. The van der Waals surface area contributed by atoms with Gasteiger partial charge in [-0.05, 0) is 38.5 Å². The zero-order valence-electron chi connectivity index (χ0n) is 11.2. The third kappa shape index (κ3) is 3.96. The first-order valence-corrected chi connectivity index (χ1v) is 6.20. The van der Waals surface area contributed by atoms with Crippen molar-refractivity contribution in [2.75, 3.05) is 0 Å². The normalized spacial score (nSPS) is 11.7. The summed E-state index contributed by atoms with van der Waals surface area (Å²) in [5, 5.41) is 3.43. The molecule has 0 radical (unpaired) electrons. The molecule has 0 aliphatic rings. The van der Waals surface area contributed by atoms with Crippen molar-refractivity contribution in [2.24, 2.45) is 0 Å². The Labute approximate surface area is 108 Å². The fourth-order valence-electron chi connectivity index (χ4n) is 1.64. The van der Waals surface area contributed by atoms with Gasteiger partial charge in [-0.1, -0.05) is 0 Å². The highest BCUT2D eigenvalue weighted by molar-refractivity contribution is 5.16. The summed E-state index contributed by atoms with van der Waals surface area (Å²) in [6.45, 7) is 7.27. The maximum atomic E-state index is 4.40. The molecular weight excluding hydrogens is 224 g/mol. The van der Waals surface area contributed by atoms with E-state index >= 15 is 0 Å². The van der Waals surface area contributed by atoms with Gasteiger partial charge in [-0.15, -0.1) is 0 Å². The minimum absolute atomic E-state index is 0.121. The van der Waals surface area contributed by atoms with Gasteiger partial charge < -0.3 is 10.3 Å². The van der Waals surface area contributed by atoms with Crippen molar-refractivity contribution < 1.29 is 0 Å². The molecule has 0 fully saturated rings. The molecule has 0 unspecified atom stereocenters. The van der Waals surface area contributed by atoms with Gasteiger partial charge in [-0.25, -0.2) is 4.98 Å². The van der Waals surface area contributed by atoms with E-state index in [2.05, 4.69) is 41.0 Å². The summed E-state index contributed by atoms with van der Waals surface area (Å²) in [5.41, 5.74) is 2.46. The predicted molar refractivity (Wildman–Crippen MR) is 72.2 cm³/mol. The molecule has 2 rings (SSSR count). The molecule has 2 aromatic rings. The minimum atomic E-state index is 0.121. The fraction of sp³-hybridized carbons (Fsp3) is 0.429. The number of nitrogens with one attached hydrogen (secondary N) is 2. The molecule has 0 atom stereocenters. The Morgan fingerprint density at radius 1 is 1.22 bits per heavy atom. The quantitative estimate of drug-likeness (QED) is 0.867. The van der Waals surface area contributed by atoms with Crippen molar-refractivity contribution in [1.82, 2.24) is 20.3 Å². The predicted octanol–water partition coefficient (Wildman–Crippen LogP) is 2.28. The first kappa shape index (κ1) is 12.8. The average Bonchev–Trinajstić information content (AvgIpc) is 2.75. The lowest BCUT2D eigenvalue weighted by molar-refractivity contribution is 0.421. The number of H-pyrrole nitrogens is 1. The second kappa shape index (κ2) is 5.31. The fourth-order valence-corrected chi connectivity index (χ4v) is 1.64. The third-order valence-corrected chi connectivity index (χ3v) is 2.61. The molecule has 0 saturated carbocycles. The smallest absolute Gasteiger partial charge is 0.110 e. The van der Waals surface area contributed by atoms with E-state index < -0.39 is 0 Å². The Kier molecular flexibility index (Phi) is 3.77. The molecule has 0 aromatic carbocycles. The van der Waals surface area contributed by atoms with Crippen LogP contribution in [0.3, 0.4) is 0 Å². The Balaban J connectivity index is 1.94. The van der Waals surface area contributed by atoms with E-state index in [4.69, 9.17) is 0 Å². The summed E-state index contributed by atoms with van der Waals surface area (Å²) in [6.07, 6.45) is 6.33. The SMILES string of the molecule is CC(C)(C)NCc1cnc(Cc2ccncc2)[nH]1. The molecule has 0 spiro atoms. The summed E-state index contributed by atoms with van der Waals surface area (Å²) in [5.74, 6) is 0.993. The lowest BCUT2D eigenvalue weighted by Crippen LogP contribution is -2.35. The van der Waals surface area contributed by atoms with Crippen LogP contribution in [0.15, 0.2) is 30.7 Å². The zero-order chi connectivity index (χ0) is 13.0. The highest BCUT2D eigenvalue weighted by Crippen LogP contribution is 2.07. The molecule has 2 heterocycles. The van der Waals surface area contributed by atoms with Crippen LogP contribution in [0.4, 0.5) is 0 Å². The standard InChI is InChI=1S/C14H20N4/c1-14(2,3)17-10-12-9-16-13(18-12)8-11-4-6-15-7-5-11/h4-7,9,17H,8,10H2,1-3H3,(H,16,18). The number of rotatable bonds is 4. The van der Waals surface area contributed by atoms with E-state index in [-0.39, 0.29) is 5.54 Å². The lowest BCUT2D eigenvalue weighted by atomic mass is 10.1. The van der Waals surface area contributed by atoms with E-state index in [9.17, 15) is 0 Å². The number of hydrogen-bond donors (Lipinski definition) is 2. The largest absolute Gasteiger partial charge is 0.345 e. The maximum absolute atomic E-state index is 4.40. The molecule has 0 bridgehead atoms. The van der Waals surface area contributed by atoms with E-state index in [1.807, 2.05) is 18.3 Å². The molecule has 0 amide bonds. The molecule has 2 N–H and O–H groups in total. The first-order valence-electron chi connectivity index (χ1n) is 6.20. The van der Waals surface area contributed by atoms with Gasteiger partial charge in [-0.2, -0.15) is 0 Å². The van der Waals surface area contributed by atoms with Gasteiger partial charge in [0, 0.05) is 42.8 Å². The van der Waals surface area contributed by atoms with Crippen LogP contribution in [0.2, 0.25) is 0 Å². The van der Waals surface area contributed by atoms with Crippen LogP contribution in [-0.2, 0) is 13.0 Å². The molecular formula is C14H20N4. The number of aromatic nitrogens is 3. The highest BCUT2D eigenvalue weighted by atomic mass is 15.0. The van der Waals surface area contributed by atoms with Crippen molar-refractivity contribution >= 4 is 0 Å². The summed E-state index contributed by atoms with van der Waals surface area (Å²) in [7, 11) is 0. The van der Waals surface area contributed by atoms with Crippen molar-refractivity contribution in [2.45, 2.75) is 39.3 Å². The topological polar surface area (TPSA) is 53.6 Å². The van der Waals surface area contributed by atoms with Crippen LogP contribution >= 0.6 is 0 Å². The Bertz CT molecular complexity index is 482. The zero-order valence-corrected chi connectivity index (χ0v) is 11.2. The van der Waals surface area contributed by atoms with Crippen LogP contribution < -0.4 is 5.32 Å². The Hall–Kier alpha value is -1.68. The summed E-state index contributed by atoms with van der Waals surface area (Å²) >= 11 is 0.